The molecule has 0 atom stereocenters. The minimum Gasteiger partial charge on any atom is -0.285 e. The van der Waals surface area contributed by atoms with E-state index < -0.39 is 31.7 Å². The summed E-state index contributed by atoms with van der Waals surface area (Å²) in [5.74, 6) is -0.851. The molecule has 0 bridgehead atoms. The van der Waals surface area contributed by atoms with E-state index in [1.54, 1.807) is 24.3 Å². The highest BCUT2D eigenvalue weighted by Gasteiger charge is 2.15. The zero-order valence-electron chi connectivity index (χ0n) is 20.0. The van der Waals surface area contributed by atoms with Gasteiger partial charge in [-0.25, -0.2) is 0 Å². The monoisotopic (exact) mass is 542 g/mol. The van der Waals surface area contributed by atoms with Gasteiger partial charge in [0.05, 0.1) is 0 Å². The number of hydrogen-bond donors (Lipinski definition) is 2. The second kappa shape index (κ2) is 8.89. The third-order valence-electron chi connectivity index (χ3n) is 6.89. The highest BCUT2D eigenvalue weighted by molar-refractivity contribution is 7.85. The molecule has 0 aliphatic rings. The van der Waals surface area contributed by atoms with Gasteiger partial charge >= 0.3 is 0 Å². The van der Waals surface area contributed by atoms with Gasteiger partial charge in [-0.15, -0.1) is 0 Å². The molecule has 8 heteroatoms. The van der Waals surface area contributed by atoms with Crippen LogP contribution in [0.4, 0.5) is 0 Å². The molecule has 0 aromatic heterocycles. The lowest BCUT2D eigenvalue weighted by molar-refractivity contribution is 0.479. The first kappa shape index (κ1) is 24.5. The Bertz CT molecular complexity index is 1890. The summed E-state index contributed by atoms with van der Waals surface area (Å²) in [4.78, 5) is 0. The van der Waals surface area contributed by atoms with E-state index in [-0.39, 0.29) is 0 Å². The third kappa shape index (κ3) is 4.63. The Kier molecular flexibility index (Phi) is 5.73. The van der Waals surface area contributed by atoms with Gasteiger partial charge < -0.3 is 0 Å². The van der Waals surface area contributed by atoms with E-state index in [1.807, 2.05) is 24.3 Å². The van der Waals surface area contributed by atoms with Crippen molar-refractivity contribution in [2.45, 2.75) is 11.5 Å². The van der Waals surface area contributed by atoms with Gasteiger partial charge in [0.25, 0.3) is 20.2 Å². The van der Waals surface area contributed by atoms with Gasteiger partial charge in [-0.1, -0.05) is 97.1 Å². The van der Waals surface area contributed by atoms with Gasteiger partial charge in [-0.3, -0.25) is 9.11 Å². The molecule has 0 aliphatic heterocycles. The molecular weight excluding hydrogens is 520 g/mol. The Balaban J connectivity index is 1.50. The van der Waals surface area contributed by atoms with Crippen molar-refractivity contribution in [3.63, 3.8) is 0 Å². The van der Waals surface area contributed by atoms with Crippen molar-refractivity contribution in [1.82, 2.24) is 0 Å². The highest BCUT2D eigenvalue weighted by Crippen LogP contribution is 2.42. The van der Waals surface area contributed by atoms with Crippen LogP contribution in [0, 0.1) is 0 Å². The topological polar surface area (TPSA) is 109 Å². The van der Waals surface area contributed by atoms with Crippen molar-refractivity contribution in [2.24, 2.45) is 0 Å². The minimum absolute atomic E-state index is 0.425. The fraction of sp³-hybridized carbons (Fsp3) is 0.0667. The summed E-state index contributed by atoms with van der Waals surface area (Å²) in [5.41, 5.74) is 4.95. The van der Waals surface area contributed by atoms with Crippen molar-refractivity contribution in [1.29, 1.82) is 0 Å². The van der Waals surface area contributed by atoms with Crippen LogP contribution in [0.1, 0.15) is 11.1 Å². The smallest absolute Gasteiger partial charge is 0.269 e. The maximum absolute atomic E-state index is 11.2. The molecule has 0 unspecified atom stereocenters. The predicted molar refractivity (Wildman–Crippen MR) is 152 cm³/mol. The fourth-order valence-electron chi connectivity index (χ4n) is 5.29. The van der Waals surface area contributed by atoms with Crippen molar-refractivity contribution in [3.8, 4) is 22.3 Å². The maximum Gasteiger partial charge on any atom is 0.269 e. The minimum atomic E-state index is -4.10. The maximum atomic E-state index is 11.2. The lowest BCUT2D eigenvalue weighted by atomic mass is 9.87. The molecule has 0 amide bonds. The van der Waals surface area contributed by atoms with Crippen LogP contribution in [0.5, 0.6) is 0 Å². The Morgan fingerprint density at radius 1 is 0.447 bits per heavy atom. The molecule has 38 heavy (non-hydrogen) atoms. The van der Waals surface area contributed by atoms with Crippen LogP contribution in [0.25, 0.3) is 54.6 Å². The number of benzene rings is 6. The van der Waals surface area contributed by atoms with E-state index >= 15 is 0 Å². The van der Waals surface area contributed by atoms with Crippen molar-refractivity contribution < 1.29 is 25.9 Å². The average Bonchev–Trinajstić information content (AvgIpc) is 2.86. The SMILES string of the molecule is O=S(=O)(O)Cc1ccc(-c2ccc3ccc4c(-c5ccc(CS(=O)(=O)O)cc5)ccc5ccc2c3c54)cc1. The average molecular weight is 543 g/mol. The van der Waals surface area contributed by atoms with Gasteiger partial charge in [0.1, 0.15) is 11.5 Å². The number of hydrogen-bond acceptors (Lipinski definition) is 4. The highest BCUT2D eigenvalue weighted by atomic mass is 32.2. The Labute approximate surface area is 220 Å². The van der Waals surface area contributed by atoms with Crippen LogP contribution in [-0.2, 0) is 31.7 Å². The number of rotatable bonds is 6. The molecule has 0 heterocycles. The third-order valence-corrected chi connectivity index (χ3v) is 8.29. The molecule has 0 radical (unpaired) electrons. The van der Waals surface area contributed by atoms with Crippen LogP contribution < -0.4 is 0 Å². The summed E-state index contributed by atoms with van der Waals surface area (Å²) in [6.07, 6.45) is 0. The molecule has 6 aromatic carbocycles. The molecular formula is C30H22O6S2. The predicted octanol–water partition coefficient (Wildman–Crippen LogP) is 6.69. The van der Waals surface area contributed by atoms with Crippen molar-refractivity contribution in [3.05, 3.63) is 108 Å². The van der Waals surface area contributed by atoms with E-state index in [4.69, 9.17) is 9.11 Å². The first-order valence-electron chi connectivity index (χ1n) is 11.9. The van der Waals surface area contributed by atoms with Crippen LogP contribution >= 0.6 is 0 Å². The Morgan fingerprint density at radius 2 is 0.789 bits per heavy atom. The standard InChI is InChI=1S/C30H22O6S2/c31-37(32,33)17-19-1-5-21(6-2-19)25-13-9-23-12-16-28-26(14-10-24-11-15-27(25)29(23)30(24)28)22-7-3-20(4-8-22)18-38(34,35)36/h1-16H,17-18H2,(H,31,32,33)(H,34,35,36). The summed E-state index contributed by atoms with van der Waals surface area (Å²) in [5, 5.41) is 6.61. The molecule has 6 aromatic rings. The summed E-state index contributed by atoms with van der Waals surface area (Å²) >= 11 is 0. The Hall–Kier alpha value is -3.82. The van der Waals surface area contributed by atoms with Crippen LogP contribution in [0.3, 0.4) is 0 Å². The summed E-state index contributed by atoms with van der Waals surface area (Å²) in [7, 11) is -8.20. The first-order valence-corrected chi connectivity index (χ1v) is 15.1. The lowest BCUT2D eigenvalue weighted by Crippen LogP contribution is -2.01. The molecule has 190 valence electrons. The van der Waals surface area contributed by atoms with Crippen LogP contribution in [0.2, 0.25) is 0 Å². The zero-order valence-corrected chi connectivity index (χ0v) is 21.6. The van der Waals surface area contributed by atoms with Crippen molar-refractivity contribution in [2.75, 3.05) is 0 Å². The fourth-order valence-corrected chi connectivity index (χ4v) is 6.51. The first-order chi connectivity index (χ1) is 18.1. The van der Waals surface area contributed by atoms with Crippen LogP contribution in [-0.4, -0.2) is 25.9 Å². The lowest BCUT2D eigenvalue weighted by Gasteiger charge is -2.17. The van der Waals surface area contributed by atoms with E-state index in [2.05, 4.69) is 48.5 Å². The molecule has 2 N–H and O–H groups in total. The second-order valence-corrected chi connectivity index (χ2v) is 12.4. The van der Waals surface area contributed by atoms with Gasteiger partial charge in [0.15, 0.2) is 0 Å². The van der Waals surface area contributed by atoms with Crippen molar-refractivity contribution >= 4 is 52.6 Å². The summed E-state index contributed by atoms with van der Waals surface area (Å²) in [6.45, 7) is 0. The molecule has 0 saturated carbocycles. The van der Waals surface area contributed by atoms with Gasteiger partial charge in [0, 0.05) is 0 Å². The van der Waals surface area contributed by atoms with E-state index in [1.165, 1.54) is 0 Å². The van der Waals surface area contributed by atoms with Gasteiger partial charge in [0.2, 0.25) is 0 Å². The summed E-state index contributed by atoms with van der Waals surface area (Å²) < 4.78 is 63.3. The van der Waals surface area contributed by atoms with E-state index in [0.717, 1.165) is 54.6 Å². The zero-order chi connectivity index (χ0) is 26.7. The normalized spacial score (nSPS) is 12.6. The summed E-state index contributed by atoms with van der Waals surface area (Å²) in [6, 6.07) is 31.0. The molecule has 6 rings (SSSR count). The second-order valence-electron chi connectivity index (χ2n) is 9.50. The van der Waals surface area contributed by atoms with Gasteiger partial charge in [-0.05, 0) is 65.7 Å². The molecule has 0 fully saturated rings. The Morgan fingerprint density at radius 3 is 1.13 bits per heavy atom. The largest absolute Gasteiger partial charge is 0.285 e. The molecule has 0 spiro atoms. The molecule has 0 aliphatic carbocycles. The quantitative estimate of drug-likeness (QED) is 0.179. The molecule has 0 saturated heterocycles. The van der Waals surface area contributed by atoms with Crippen LogP contribution in [0.15, 0.2) is 97.1 Å². The van der Waals surface area contributed by atoms with E-state index in [9.17, 15) is 16.8 Å². The van der Waals surface area contributed by atoms with Gasteiger partial charge in [-0.2, -0.15) is 16.8 Å². The van der Waals surface area contributed by atoms with E-state index in [0.29, 0.717) is 11.1 Å². The molecule has 6 nitrogen and oxygen atoms in total.